The molecular formula is C32H46F6O3S2. The van der Waals surface area contributed by atoms with Gasteiger partial charge in [0.25, 0.3) is 5.60 Å². The molecule has 0 radical (unpaired) electrons. The van der Waals surface area contributed by atoms with Crippen LogP contribution in [0.15, 0.2) is 18.2 Å². The Balaban J connectivity index is 1.25. The molecule has 5 atom stereocenters. The van der Waals surface area contributed by atoms with Gasteiger partial charge >= 0.3 is 12.4 Å². The number of rotatable bonds is 15. The molecule has 4 rings (SSSR count). The van der Waals surface area contributed by atoms with Gasteiger partial charge in [-0.25, -0.2) is 0 Å². The molecule has 3 aliphatic carbocycles. The maximum absolute atomic E-state index is 13.1. The van der Waals surface area contributed by atoms with Crippen LogP contribution < -0.4 is 4.74 Å². The first-order valence-corrected chi connectivity index (χ1v) is 18.2. The van der Waals surface area contributed by atoms with E-state index in [1.54, 1.807) is 0 Å². The van der Waals surface area contributed by atoms with Crippen LogP contribution in [0.5, 0.6) is 5.75 Å². The molecule has 0 aromatic heterocycles. The summed E-state index contributed by atoms with van der Waals surface area (Å²) in [6.07, 6.45) is -1.56. The van der Waals surface area contributed by atoms with Gasteiger partial charge in [-0.1, -0.05) is 47.9 Å². The van der Waals surface area contributed by atoms with Crippen LogP contribution in [0.25, 0.3) is 0 Å². The number of aryl methyl sites for hydroxylation is 1. The van der Waals surface area contributed by atoms with Crippen molar-refractivity contribution in [1.29, 1.82) is 0 Å². The molecule has 1 aromatic rings. The first-order chi connectivity index (χ1) is 20.3. The number of hydrogen-bond donors (Lipinski definition) is 0. The molecule has 3 aliphatic rings. The lowest BCUT2D eigenvalue weighted by Crippen LogP contribution is -2.56. The van der Waals surface area contributed by atoms with Crippen molar-refractivity contribution in [3.8, 4) is 5.75 Å². The van der Waals surface area contributed by atoms with Crippen LogP contribution in [0.3, 0.4) is 0 Å². The largest absolute Gasteiger partial charge is 0.494 e. The minimum atomic E-state index is -5.55. The van der Waals surface area contributed by atoms with E-state index < -0.39 is 24.6 Å². The smallest absolute Gasteiger partial charge is 0.426 e. The molecule has 3 nitrogen and oxygen atoms in total. The molecule has 0 saturated heterocycles. The normalized spacial score (nSPS) is 27.5. The predicted molar refractivity (Wildman–Crippen MR) is 162 cm³/mol. The molecular weight excluding hydrogens is 610 g/mol. The standard InChI is InChI=1S/C32H46F6O3S2/c1-4-5-19-42-43-20-7-17-39-23-9-11-24-22(21-23)8-10-26-25(24)14-15-29(2)27(26)12-13-28(29)40-16-6-18-41-30(3,31(33,34)35)32(36,37)38/h9,11,21,25-28H,4-8,10,12-20H2,1-3H3. The molecule has 0 amide bonds. The number of unbranched alkanes of at least 4 members (excludes halogenated alkanes) is 1. The fourth-order valence-electron chi connectivity index (χ4n) is 7.39. The zero-order chi connectivity index (χ0) is 31.3. The van der Waals surface area contributed by atoms with Crippen molar-refractivity contribution >= 4 is 21.6 Å². The third-order valence-corrected chi connectivity index (χ3v) is 12.6. The van der Waals surface area contributed by atoms with Crippen LogP contribution in [0.2, 0.25) is 0 Å². The molecule has 0 spiro atoms. The van der Waals surface area contributed by atoms with Crippen molar-refractivity contribution in [2.24, 2.45) is 17.3 Å². The van der Waals surface area contributed by atoms with Gasteiger partial charge in [0.2, 0.25) is 0 Å². The molecule has 43 heavy (non-hydrogen) atoms. The molecule has 246 valence electrons. The third kappa shape index (κ3) is 7.97. The highest BCUT2D eigenvalue weighted by atomic mass is 33.1. The van der Waals surface area contributed by atoms with Crippen LogP contribution in [-0.2, 0) is 15.9 Å². The van der Waals surface area contributed by atoms with Crippen molar-refractivity contribution in [3.63, 3.8) is 0 Å². The van der Waals surface area contributed by atoms with Crippen LogP contribution >= 0.6 is 21.6 Å². The second-order valence-corrected chi connectivity index (χ2v) is 15.4. The summed E-state index contributed by atoms with van der Waals surface area (Å²) < 4.78 is 95.0. The lowest BCUT2D eigenvalue weighted by molar-refractivity contribution is -0.374. The monoisotopic (exact) mass is 656 g/mol. The van der Waals surface area contributed by atoms with Crippen molar-refractivity contribution in [2.45, 2.75) is 115 Å². The van der Waals surface area contributed by atoms with Gasteiger partial charge in [0.05, 0.1) is 19.3 Å². The number of hydrogen-bond acceptors (Lipinski definition) is 5. The highest BCUT2D eigenvalue weighted by Crippen LogP contribution is 2.61. The summed E-state index contributed by atoms with van der Waals surface area (Å²) in [5.74, 6) is 4.80. The highest BCUT2D eigenvalue weighted by molar-refractivity contribution is 8.76. The lowest BCUT2D eigenvalue weighted by atomic mass is 9.55. The van der Waals surface area contributed by atoms with E-state index in [0.29, 0.717) is 17.8 Å². The number of halogens is 6. The molecule has 0 N–H and O–H groups in total. The van der Waals surface area contributed by atoms with Crippen molar-refractivity contribution in [2.75, 3.05) is 31.3 Å². The summed E-state index contributed by atoms with van der Waals surface area (Å²) in [5.41, 5.74) is -1.39. The van der Waals surface area contributed by atoms with Gasteiger partial charge in [-0.15, -0.1) is 0 Å². The maximum atomic E-state index is 13.1. The Morgan fingerprint density at radius 3 is 2.30 bits per heavy atom. The van der Waals surface area contributed by atoms with Gasteiger partial charge in [-0.2, -0.15) is 26.3 Å². The van der Waals surface area contributed by atoms with Crippen molar-refractivity contribution in [3.05, 3.63) is 29.3 Å². The topological polar surface area (TPSA) is 27.7 Å². The summed E-state index contributed by atoms with van der Waals surface area (Å²) in [5, 5.41) is 0. The molecule has 0 heterocycles. The summed E-state index contributed by atoms with van der Waals surface area (Å²) >= 11 is 0. The summed E-state index contributed by atoms with van der Waals surface area (Å²) in [6.45, 7) is 4.65. The predicted octanol–water partition coefficient (Wildman–Crippen LogP) is 10.2. The zero-order valence-corrected chi connectivity index (χ0v) is 27.1. The Kier molecular flexibility index (Phi) is 12.0. The Bertz CT molecular complexity index is 1020. The second-order valence-electron chi connectivity index (χ2n) is 12.7. The zero-order valence-electron chi connectivity index (χ0n) is 25.5. The molecule has 11 heteroatoms. The SMILES string of the molecule is CCCCSSCCCOc1ccc2c(c1)CCC1C2CCC2(C)C(OCCCOC(C)(C(F)(F)F)C(F)(F)F)CCC12. The van der Waals surface area contributed by atoms with Crippen molar-refractivity contribution < 1.29 is 40.6 Å². The number of ether oxygens (including phenoxy) is 3. The third-order valence-electron chi connectivity index (χ3n) is 10.00. The molecule has 2 saturated carbocycles. The van der Waals surface area contributed by atoms with Gasteiger partial charge < -0.3 is 14.2 Å². The van der Waals surface area contributed by atoms with Gasteiger partial charge in [0.15, 0.2) is 0 Å². The molecule has 0 aliphatic heterocycles. The average Bonchev–Trinajstić information content (AvgIpc) is 3.28. The number of fused-ring (bicyclic) bond motifs is 5. The van der Waals surface area contributed by atoms with Crippen molar-refractivity contribution in [1.82, 2.24) is 0 Å². The summed E-state index contributed by atoms with van der Waals surface area (Å²) in [4.78, 5) is 0. The second kappa shape index (κ2) is 14.8. The lowest BCUT2D eigenvalue weighted by Gasteiger charge is -2.50. The number of alkyl halides is 6. The molecule has 1 aromatic carbocycles. The highest BCUT2D eigenvalue weighted by Gasteiger charge is 2.69. The maximum Gasteiger partial charge on any atom is 0.426 e. The minimum absolute atomic E-state index is 0.0282. The van der Waals surface area contributed by atoms with E-state index in [1.165, 1.54) is 29.7 Å². The number of benzene rings is 1. The van der Waals surface area contributed by atoms with E-state index in [2.05, 4.69) is 36.8 Å². The van der Waals surface area contributed by atoms with Gasteiger partial charge in [0.1, 0.15) is 5.75 Å². The Morgan fingerprint density at radius 1 is 0.884 bits per heavy atom. The van der Waals surface area contributed by atoms with Crippen LogP contribution in [-0.4, -0.2) is 55.4 Å². The quantitative estimate of drug-likeness (QED) is 0.106. The summed E-state index contributed by atoms with van der Waals surface area (Å²) in [6, 6.07) is 6.61. The fourth-order valence-corrected chi connectivity index (χ4v) is 9.68. The van der Waals surface area contributed by atoms with Crippen LogP contribution in [0.4, 0.5) is 26.3 Å². The van der Waals surface area contributed by atoms with E-state index in [1.807, 2.05) is 21.6 Å². The van der Waals surface area contributed by atoms with E-state index in [-0.39, 0.29) is 31.5 Å². The molecule has 5 unspecified atom stereocenters. The van der Waals surface area contributed by atoms with Gasteiger partial charge in [0, 0.05) is 18.1 Å². The van der Waals surface area contributed by atoms with E-state index in [0.717, 1.165) is 63.1 Å². The van der Waals surface area contributed by atoms with Crippen LogP contribution in [0.1, 0.15) is 95.6 Å². The Morgan fingerprint density at radius 2 is 1.60 bits per heavy atom. The first kappa shape index (κ1) is 35.1. The van der Waals surface area contributed by atoms with Crippen LogP contribution in [0, 0.1) is 17.3 Å². The first-order valence-electron chi connectivity index (χ1n) is 15.7. The van der Waals surface area contributed by atoms with E-state index >= 15 is 0 Å². The fraction of sp³-hybridized carbons (Fsp3) is 0.812. The van der Waals surface area contributed by atoms with Gasteiger partial charge in [-0.3, -0.25) is 0 Å². The molecule has 2 fully saturated rings. The molecule has 0 bridgehead atoms. The Labute approximate surface area is 260 Å². The minimum Gasteiger partial charge on any atom is -0.494 e. The summed E-state index contributed by atoms with van der Waals surface area (Å²) in [7, 11) is 3.87. The Hall–Kier alpha value is -0.780. The van der Waals surface area contributed by atoms with Gasteiger partial charge in [-0.05, 0) is 111 Å². The van der Waals surface area contributed by atoms with E-state index in [9.17, 15) is 26.3 Å². The average molecular weight is 657 g/mol. The van der Waals surface area contributed by atoms with E-state index in [4.69, 9.17) is 9.47 Å².